The average Bonchev–Trinajstić information content (AvgIpc) is 2.76. The molecule has 3 N–H and O–H groups in total. The number of phenols is 1. The van der Waals surface area contributed by atoms with Crippen LogP contribution in [0.2, 0.25) is 0 Å². The highest BCUT2D eigenvalue weighted by Gasteiger charge is 2.62. The molecule has 0 heterocycles. The van der Waals surface area contributed by atoms with Gasteiger partial charge in [-0.1, -0.05) is 13.8 Å². The van der Waals surface area contributed by atoms with Gasteiger partial charge in [0.2, 0.25) is 0 Å². The Bertz CT molecular complexity index is 445. The highest BCUT2D eigenvalue weighted by atomic mass is 19.1. The summed E-state index contributed by atoms with van der Waals surface area (Å²) in [6.45, 7) is 4.22. The molecule has 0 aliphatic heterocycles. The molecule has 2 rings (SSSR count). The van der Waals surface area contributed by atoms with Crippen LogP contribution in [0, 0.1) is 17.0 Å². The van der Waals surface area contributed by atoms with Crippen LogP contribution in [0.3, 0.4) is 0 Å². The van der Waals surface area contributed by atoms with Crippen LogP contribution in [-0.2, 0) is 5.41 Å². The number of hydrogen-bond donors (Lipinski definition) is 2. The van der Waals surface area contributed by atoms with Crippen molar-refractivity contribution in [2.75, 3.05) is 6.54 Å². The summed E-state index contributed by atoms with van der Waals surface area (Å²) < 4.78 is 26.4. The Labute approximate surface area is 93.1 Å². The van der Waals surface area contributed by atoms with Gasteiger partial charge in [0.1, 0.15) is 5.82 Å². The van der Waals surface area contributed by atoms with Crippen LogP contribution in [0.15, 0.2) is 12.1 Å². The molecule has 4 heteroatoms. The van der Waals surface area contributed by atoms with E-state index in [0.717, 1.165) is 6.42 Å². The molecule has 1 unspecified atom stereocenters. The van der Waals surface area contributed by atoms with E-state index < -0.39 is 22.8 Å². The van der Waals surface area contributed by atoms with Gasteiger partial charge in [-0.05, 0) is 17.9 Å². The van der Waals surface area contributed by atoms with Crippen LogP contribution in [0.25, 0.3) is 0 Å². The number of benzene rings is 1. The fourth-order valence-corrected chi connectivity index (χ4v) is 2.56. The van der Waals surface area contributed by atoms with E-state index in [-0.39, 0.29) is 17.5 Å². The van der Waals surface area contributed by atoms with Crippen molar-refractivity contribution in [1.29, 1.82) is 0 Å². The third kappa shape index (κ3) is 1.33. The second-order valence-electron chi connectivity index (χ2n) is 5.13. The summed E-state index contributed by atoms with van der Waals surface area (Å²) in [5.74, 6) is -2.08. The van der Waals surface area contributed by atoms with Gasteiger partial charge in [-0.3, -0.25) is 0 Å². The Balaban J connectivity index is 2.57. The molecule has 1 saturated carbocycles. The minimum atomic E-state index is -0.925. The van der Waals surface area contributed by atoms with E-state index in [1.807, 2.05) is 13.8 Å². The second kappa shape index (κ2) is 3.17. The largest absolute Gasteiger partial charge is 0.505 e. The van der Waals surface area contributed by atoms with E-state index in [1.54, 1.807) is 0 Å². The van der Waals surface area contributed by atoms with Gasteiger partial charge in [0.15, 0.2) is 11.6 Å². The second-order valence-corrected chi connectivity index (χ2v) is 5.13. The Hall–Kier alpha value is -1.16. The van der Waals surface area contributed by atoms with E-state index in [2.05, 4.69) is 0 Å². The zero-order chi connectivity index (χ0) is 12.1. The van der Waals surface area contributed by atoms with Crippen molar-refractivity contribution >= 4 is 0 Å². The number of hydrogen-bond acceptors (Lipinski definition) is 2. The lowest BCUT2D eigenvalue weighted by atomic mass is 9.87. The van der Waals surface area contributed by atoms with Crippen molar-refractivity contribution in [2.24, 2.45) is 11.1 Å². The maximum absolute atomic E-state index is 13.3. The summed E-state index contributed by atoms with van der Waals surface area (Å²) in [5.41, 5.74) is 5.35. The smallest absolute Gasteiger partial charge is 0.168 e. The number of aromatic hydroxyl groups is 1. The molecule has 1 aromatic carbocycles. The summed E-state index contributed by atoms with van der Waals surface area (Å²) >= 11 is 0. The molecule has 1 aliphatic rings. The maximum Gasteiger partial charge on any atom is 0.168 e. The topological polar surface area (TPSA) is 46.2 Å². The van der Waals surface area contributed by atoms with E-state index in [9.17, 15) is 13.9 Å². The first-order valence-corrected chi connectivity index (χ1v) is 5.23. The lowest BCUT2D eigenvalue weighted by Crippen LogP contribution is -2.25. The third-order valence-electron chi connectivity index (χ3n) is 3.81. The molecule has 0 aromatic heterocycles. The molecule has 16 heavy (non-hydrogen) atoms. The summed E-state index contributed by atoms with van der Waals surface area (Å²) in [7, 11) is 0. The summed E-state index contributed by atoms with van der Waals surface area (Å²) in [5, 5.41) is 9.66. The first-order valence-electron chi connectivity index (χ1n) is 5.23. The highest BCUT2D eigenvalue weighted by Crippen LogP contribution is 2.65. The lowest BCUT2D eigenvalue weighted by molar-refractivity contribution is 0.400. The van der Waals surface area contributed by atoms with Crippen LogP contribution >= 0.6 is 0 Å². The summed E-state index contributed by atoms with van der Waals surface area (Å²) in [6.07, 6.45) is 0.729. The molecule has 0 spiro atoms. The monoisotopic (exact) mass is 227 g/mol. The molecule has 1 fully saturated rings. The number of nitrogens with two attached hydrogens (primary N) is 1. The predicted octanol–water partition coefficient (Wildman–Crippen LogP) is 2.30. The Morgan fingerprint density at radius 2 is 1.94 bits per heavy atom. The third-order valence-corrected chi connectivity index (χ3v) is 3.81. The van der Waals surface area contributed by atoms with E-state index >= 15 is 0 Å². The van der Waals surface area contributed by atoms with Gasteiger partial charge >= 0.3 is 0 Å². The minimum Gasteiger partial charge on any atom is -0.505 e. The normalized spacial score (nSPS) is 26.8. The molecular weight excluding hydrogens is 212 g/mol. The van der Waals surface area contributed by atoms with Gasteiger partial charge in [0.25, 0.3) is 0 Å². The van der Waals surface area contributed by atoms with Gasteiger partial charge in [-0.2, -0.15) is 0 Å². The molecular formula is C12H15F2NO. The van der Waals surface area contributed by atoms with Gasteiger partial charge < -0.3 is 10.8 Å². The first-order chi connectivity index (χ1) is 7.34. The fourth-order valence-electron chi connectivity index (χ4n) is 2.56. The number of rotatable bonds is 2. The van der Waals surface area contributed by atoms with Crippen LogP contribution in [0.4, 0.5) is 8.78 Å². The molecule has 0 radical (unpaired) electrons. The standard InChI is InChI=1S/C12H15F2NO/c1-11(2)5-12(11,6-15)8-3-7(13)4-9(14)10(8)16/h3-4,16H,5-6,15H2,1-2H3. The molecule has 88 valence electrons. The van der Waals surface area contributed by atoms with Gasteiger partial charge in [-0.15, -0.1) is 0 Å². The molecule has 0 amide bonds. The van der Waals surface area contributed by atoms with Crippen molar-refractivity contribution in [3.63, 3.8) is 0 Å². The van der Waals surface area contributed by atoms with Crippen LogP contribution < -0.4 is 5.73 Å². The average molecular weight is 227 g/mol. The van der Waals surface area contributed by atoms with Gasteiger partial charge in [-0.25, -0.2) is 8.78 Å². The van der Waals surface area contributed by atoms with E-state index in [1.165, 1.54) is 6.07 Å². The van der Waals surface area contributed by atoms with E-state index in [4.69, 9.17) is 5.73 Å². The minimum absolute atomic E-state index is 0.126. The molecule has 1 aromatic rings. The Morgan fingerprint density at radius 3 is 2.38 bits per heavy atom. The Kier molecular flexibility index (Phi) is 2.24. The van der Waals surface area contributed by atoms with Gasteiger partial charge in [0, 0.05) is 23.6 Å². The summed E-state index contributed by atoms with van der Waals surface area (Å²) in [4.78, 5) is 0. The van der Waals surface area contributed by atoms with Crippen molar-refractivity contribution in [3.05, 3.63) is 29.3 Å². The van der Waals surface area contributed by atoms with Crippen molar-refractivity contribution < 1.29 is 13.9 Å². The van der Waals surface area contributed by atoms with Crippen LogP contribution in [-0.4, -0.2) is 11.7 Å². The lowest BCUT2D eigenvalue weighted by Gasteiger charge is -2.20. The predicted molar refractivity (Wildman–Crippen MR) is 57.2 cm³/mol. The first kappa shape index (κ1) is 11.3. The molecule has 2 nitrogen and oxygen atoms in total. The number of halogens is 2. The number of phenolic OH excluding ortho intramolecular Hbond substituents is 1. The van der Waals surface area contributed by atoms with E-state index in [0.29, 0.717) is 6.07 Å². The maximum atomic E-state index is 13.3. The van der Waals surface area contributed by atoms with Crippen LogP contribution in [0.5, 0.6) is 5.75 Å². The molecule has 0 bridgehead atoms. The van der Waals surface area contributed by atoms with Gasteiger partial charge in [0.05, 0.1) is 0 Å². The molecule has 1 aliphatic carbocycles. The van der Waals surface area contributed by atoms with Crippen molar-refractivity contribution in [3.8, 4) is 5.75 Å². The molecule has 0 saturated heterocycles. The quantitative estimate of drug-likeness (QED) is 0.814. The fraction of sp³-hybridized carbons (Fsp3) is 0.500. The Morgan fingerprint density at radius 1 is 1.38 bits per heavy atom. The van der Waals surface area contributed by atoms with Crippen LogP contribution in [0.1, 0.15) is 25.8 Å². The van der Waals surface area contributed by atoms with Crippen molar-refractivity contribution in [1.82, 2.24) is 0 Å². The van der Waals surface area contributed by atoms with Crippen molar-refractivity contribution in [2.45, 2.75) is 25.7 Å². The molecule has 1 atom stereocenters. The SMILES string of the molecule is CC1(C)CC1(CN)c1cc(F)cc(F)c1O. The zero-order valence-corrected chi connectivity index (χ0v) is 9.35. The highest BCUT2D eigenvalue weighted by molar-refractivity contribution is 5.47. The summed E-state index contributed by atoms with van der Waals surface area (Å²) in [6, 6.07) is 1.86. The zero-order valence-electron chi connectivity index (χ0n) is 9.35.